The van der Waals surface area contributed by atoms with Gasteiger partial charge in [0.1, 0.15) is 26.4 Å². The highest BCUT2D eigenvalue weighted by Crippen LogP contribution is 2.32. The van der Waals surface area contributed by atoms with E-state index in [1.54, 1.807) is 24.3 Å². The van der Waals surface area contributed by atoms with Crippen molar-refractivity contribution in [1.82, 2.24) is 0 Å². The second-order valence-electron chi connectivity index (χ2n) is 11.1. The lowest BCUT2D eigenvalue weighted by molar-refractivity contribution is 0.0397. The molecular weight excluding hydrogens is 616 g/mol. The fraction of sp³-hybridized carbons (Fsp3) is 0.0952. The van der Waals surface area contributed by atoms with Crippen LogP contribution in [0.3, 0.4) is 0 Å². The lowest BCUT2D eigenvalue weighted by atomic mass is 10.1. The van der Waals surface area contributed by atoms with Crippen molar-refractivity contribution >= 4 is 11.9 Å². The molecule has 0 saturated heterocycles. The number of hydrogen-bond donors (Lipinski definition) is 0. The number of ether oxygens (including phenoxy) is 5. The molecule has 0 aromatic heterocycles. The topological polar surface area (TPSA) is 80.3 Å². The first-order chi connectivity index (χ1) is 24.1. The van der Waals surface area contributed by atoms with E-state index in [4.69, 9.17) is 23.7 Å². The van der Waals surface area contributed by atoms with Crippen LogP contribution in [0.2, 0.25) is 0 Å². The summed E-state index contributed by atoms with van der Waals surface area (Å²) in [6, 6.07) is 48.2. The van der Waals surface area contributed by atoms with Gasteiger partial charge in [-0.25, -0.2) is 9.59 Å². The Hall–Kier alpha value is -6.34. The molecule has 0 bridgehead atoms. The molecule has 0 fully saturated rings. The maximum atomic E-state index is 13.3. The predicted octanol–water partition coefficient (Wildman–Crippen LogP) is 9.00. The van der Waals surface area contributed by atoms with Crippen LogP contribution in [-0.2, 0) is 31.2 Å². The molecule has 0 heterocycles. The van der Waals surface area contributed by atoms with Crippen molar-refractivity contribution in [2.24, 2.45) is 0 Å². The van der Waals surface area contributed by atoms with Gasteiger partial charge in [0.2, 0.25) is 0 Å². The number of esters is 2. The van der Waals surface area contributed by atoms with Crippen molar-refractivity contribution < 1.29 is 33.3 Å². The maximum Gasteiger partial charge on any atom is 0.346 e. The quantitative estimate of drug-likeness (QED) is 0.0860. The van der Waals surface area contributed by atoms with Crippen LogP contribution in [0.25, 0.3) is 0 Å². The van der Waals surface area contributed by atoms with Crippen molar-refractivity contribution in [3.05, 3.63) is 191 Å². The van der Waals surface area contributed by atoms with Crippen LogP contribution in [0.4, 0.5) is 0 Å². The molecule has 0 amide bonds. The molecule has 0 aliphatic carbocycles. The van der Waals surface area contributed by atoms with Crippen molar-refractivity contribution in [2.45, 2.75) is 26.4 Å². The predicted molar refractivity (Wildman–Crippen MR) is 186 cm³/mol. The largest absolute Gasteiger partial charge is 0.485 e. The third-order valence-corrected chi connectivity index (χ3v) is 7.49. The number of hydrogen-bond acceptors (Lipinski definition) is 7. The average molecular weight is 651 g/mol. The van der Waals surface area contributed by atoms with E-state index in [1.165, 1.54) is 12.1 Å². The molecule has 7 nitrogen and oxygen atoms in total. The molecule has 0 aliphatic heterocycles. The summed E-state index contributed by atoms with van der Waals surface area (Å²) < 4.78 is 29.6. The van der Waals surface area contributed by atoms with E-state index in [9.17, 15) is 9.59 Å². The lowest BCUT2D eigenvalue weighted by Crippen LogP contribution is -2.13. The Balaban J connectivity index is 1.18. The van der Waals surface area contributed by atoms with Gasteiger partial charge in [0.25, 0.3) is 0 Å². The average Bonchev–Trinajstić information content (AvgIpc) is 3.16. The van der Waals surface area contributed by atoms with Gasteiger partial charge in [0.05, 0.1) is 11.1 Å². The summed E-state index contributed by atoms with van der Waals surface area (Å²) in [6.07, 6.45) is 0. The van der Waals surface area contributed by atoms with Crippen LogP contribution >= 0.6 is 0 Å². The summed E-state index contributed by atoms with van der Waals surface area (Å²) in [7, 11) is 0. The first kappa shape index (κ1) is 32.6. The molecule has 6 aromatic carbocycles. The summed E-state index contributed by atoms with van der Waals surface area (Å²) in [5, 5.41) is 0. The molecule has 0 atom stereocenters. The number of benzene rings is 6. The molecule has 0 radical (unpaired) electrons. The molecule has 49 heavy (non-hydrogen) atoms. The van der Waals surface area contributed by atoms with Gasteiger partial charge >= 0.3 is 11.9 Å². The van der Waals surface area contributed by atoms with Crippen molar-refractivity contribution in [3.63, 3.8) is 0 Å². The van der Waals surface area contributed by atoms with Gasteiger partial charge in [-0.1, -0.05) is 121 Å². The minimum absolute atomic E-state index is 0.131. The highest BCUT2D eigenvalue weighted by Gasteiger charge is 2.20. The number of carbonyl (C=O) groups excluding carboxylic acids is 2. The monoisotopic (exact) mass is 650 g/mol. The van der Waals surface area contributed by atoms with Crippen molar-refractivity contribution in [1.29, 1.82) is 0 Å². The zero-order valence-electron chi connectivity index (χ0n) is 26.7. The van der Waals surface area contributed by atoms with Crippen molar-refractivity contribution in [2.75, 3.05) is 0 Å². The van der Waals surface area contributed by atoms with E-state index in [1.807, 2.05) is 121 Å². The SMILES string of the molecule is O=C(OC(=O)c1ccc(OCc2ccccc2)c(OCc2ccccc2)c1)c1ccc(OCc2ccccc2)c(OCc2ccccc2)c1. The highest BCUT2D eigenvalue weighted by molar-refractivity contribution is 6.03. The highest BCUT2D eigenvalue weighted by atomic mass is 16.6. The summed E-state index contributed by atoms with van der Waals surface area (Å²) >= 11 is 0. The summed E-state index contributed by atoms with van der Waals surface area (Å²) in [4.78, 5) is 26.5. The van der Waals surface area contributed by atoms with E-state index in [0.717, 1.165) is 22.3 Å². The first-order valence-corrected chi connectivity index (χ1v) is 15.8. The van der Waals surface area contributed by atoms with Gasteiger partial charge in [-0.15, -0.1) is 0 Å². The number of carbonyl (C=O) groups is 2. The molecule has 0 saturated carbocycles. The van der Waals surface area contributed by atoms with E-state index >= 15 is 0 Å². The summed E-state index contributed by atoms with van der Waals surface area (Å²) in [5.74, 6) is -0.0695. The Morgan fingerprint density at radius 2 is 0.633 bits per heavy atom. The van der Waals surface area contributed by atoms with Gasteiger partial charge in [-0.05, 0) is 58.7 Å². The van der Waals surface area contributed by atoms with Gasteiger partial charge in [-0.2, -0.15) is 0 Å². The Kier molecular flexibility index (Phi) is 11.0. The smallest absolute Gasteiger partial charge is 0.346 e. The second-order valence-corrected chi connectivity index (χ2v) is 11.1. The van der Waals surface area contributed by atoms with E-state index < -0.39 is 11.9 Å². The fourth-order valence-electron chi connectivity index (χ4n) is 4.88. The third kappa shape index (κ3) is 9.36. The molecule has 6 rings (SSSR count). The fourth-order valence-corrected chi connectivity index (χ4v) is 4.88. The Bertz CT molecular complexity index is 1820. The zero-order valence-corrected chi connectivity index (χ0v) is 26.7. The van der Waals surface area contributed by atoms with Crippen LogP contribution in [0.15, 0.2) is 158 Å². The summed E-state index contributed by atoms with van der Waals surface area (Å²) in [6.45, 7) is 1.13. The van der Waals surface area contributed by atoms with E-state index in [0.29, 0.717) is 36.2 Å². The second kappa shape index (κ2) is 16.5. The van der Waals surface area contributed by atoms with E-state index in [2.05, 4.69) is 0 Å². The maximum absolute atomic E-state index is 13.3. The van der Waals surface area contributed by atoms with Gasteiger partial charge in [0, 0.05) is 0 Å². The zero-order chi connectivity index (χ0) is 33.7. The van der Waals surface area contributed by atoms with Gasteiger partial charge < -0.3 is 23.7 Å². The molecule has 0 unspecified atom stereocenters. The third-order valence-electron chi connectivity index (χ3n) is 7.49. The van der Waals surface area contributed by atoms with Crippen LogP contribution < -0.4 is 18.9 Å². The normalized spacial score (nSPS) is 10.5. The van der Waals surface area contributed by atoms with E-state index in [-0.39, 0.29) is 24.3 Å². The van der Waals surface area contributed by atoms with Gasteiger partial charge in [0.15, 0.2) is 23.0 Å². The molecule has 0 spiro atoms. The molecule has 7 heteroatoms. The molecule has 0 N–H and O–H groups in total. The van der Waals surface area contributed by atoms with Crippen molar-refractivity contribution in [3.8, 4) is 23.0 Å². The van der Waals surface area contributed by atoms with Crippen LogP contribution in [0, 0.1) is 0 Å². The Morgan fingerprint density at radius 1 is 0.347 bits per heavy atom. The molecule has 6 aromatic rings. The molecule has 0 aliphatic rings. The standard InChI is InChI=1S/C42H34O7/c43-41(35-21-23-37(45-27-31-13-5-1-6-14-31)39(25-35)47-29-33-17-9-3-10-18-33)49-42(44)36-22-24-38(46-28-32-15-7-2-8-16-32)40(26-36)48-30-34-19-11-4-12-20-34/h1-26H,27-30H2. The van der Waals surface area contributed by atoms with Crippen LogP contribution in [-0.4, -0.2) is 11.9 Å². The molecule has 244 valence electrons. The Labute approximate surface area is 285 Å². The molecular formula is C42H34O7. The Morgan fingerprint density at radius 3 is 0.939 bits per heavy atom. The van der Waals surface area contributed by atoms with Crippen LogP contribution in [0.5, 0.6) is 23.0 Å². The minimum atomic E-state index is -0.833. The van der Waals surface area contributed by atoms with Crippen LogP contribution in [0.1, 0.15) is 43.0 Å². The minimum Gasteiger partial charge on any atom is -0.485 e. The first-order valence-electron chi connectivity index (χ1n) is 15.8. The summed E-state index contributed by atoms with van der Waals surface area (Å²) in [5.41, 5.74) is 4.12. The van der Waals surface area contributed by atoms with Gasteiger partial charge in [-0.3, -0.25) is 0 Å². The lowest BCUT2D eigenvalue weighted by Gasteiger charge is -2.15. The number of rotatable bonds is 14.